The molecule has 3 nitrogen and oxygen atoms in total. The Morgan fingerprint density at radius 1 is 1.14 bits per heavy atom. The third kappa shape index (κ3) is 3.34. The number of benzene rings is 1. The lowest BCUT2D eigenvalue weighted by Gasteiger charge is -2.05. The van der Waals surface area contributed by atoms with Crippen LogP contribution in [0.2, 0.25) is 0 Å². The second-order valence-corrected chi connectivity index (χ2v) is 5.94. The summed E-state index contributed by atoms with van der Waals surface area (Å²) in [5.74, 6) is 0. The average Bonchev–Trinajstić information content (AvgIpc) is 2.55. The summed E-state index contributed by atoms with van der Waals surface area (Å²) in [7, 11) is 0. The summed E-state index contributed by atoms with van der Waals surface area (Å²) in [6.45, 7) is 0.663. The molecule has 0 aliphatic heterocycles. The van der Waals surface area contributed by atoms with Gasteiger partial charge in [-0.2, -0.15) is 0 Å². The minimum Gasteiger partial charge on any atom is -0.315 e. The number of allylic oxidation sites excluding steroid dienone is 1. The zero-order valence-corrected chi connectivity index (χ0v) is 13.5. The van der Waals surface area contributed by atoms with Crippen LogP contribution in [0.1, 0.15) is 12.0 Å². The Kier molecular flexibility index (Phi) is 4.49. The first-order valence-electron chi connectivity index (χ1n) is 7.09. The van der Waals surface area contributed by atoms with Crippen molar-refractivity contribution >= 4 is 32.8 Å². The average molecular weight is 355 g/mol. The first kappa shape index (κ1) is 14.7. The van der Waals surface area contributed by atoms with Crippen LogP contribution in [0.4, 0.5) is 0 Å². The van der Waals surface area contributed by atoms with Crippen LogP contribution in [0.3, 0.4) is 0 Å². The molecule has 0 fully saturated rings. The Morgan fingerprint density at radius 3 is 2.77 bits per heavy atom. The van der Waals surface area contributed by atoms with E-state index in [1.165, 1.54) is 0 Å². The summed E-state index contributed by atoms with van der Waals surface area (Å²) in [6.07, 6.45) is 10.1. The Bertz CT molecular complexity index is 866. The maximum absolute atomic E-state index is 12.3. The maximum atomic E-state index is 12.3. The molecule has 3 rings (SSSR count). The van der Waals surface area contributed by atoms with Crippen molar-refractivity contribution in [3.05, 3.63) is 81.5 Å². The van der Waals surface area contributed by atoms with Crippen molar-refractivity contribution in [3.63, 3.8) is 0 Å². The molecule has 0 N–H and O–H groups in total. The van der Waals surface area contributed by atoms with Gasteiger partial charge in [-0.25, -0.2) is 0 Å². The van der Waals surface area contributed by atoms with Crippen LogP contribution in [0.5, 0.6) is 0 Å². The maximum Gasteiger partial charge on any atom is 0.259 e. The van der Waals surface area contributed by atoms with Gasteiger partial charge in [-0.05, 0) is 41.6 Å². The van der Waals surface area contributed by atoms with E-state index in [1.807, 2.05) is 30.5 Å². The Labute approximate surface area is 137 Å². The molecule has 22 heavy (non-hydrogen) atoms. The number of aromatic nitrogens is 2. The molecule has 0 unspecified atom stereocenters. The van der Waals surface area contributed by atoms with Gasteiger partial charge in [0.1, 0.15) is 0 Å². The summed E-state index contributed by atoms with van der Waals surface area (Å²) in [5, 5.41) is 1.60. The number of rotatable bonds is 4. The number of hydrogen-bond acceptors (Lipinski definition) is 2. The number of aryl methyl sites for hydroxylation is 1. The van der Waals surface area contributed by atoms with Gasteiger partial charge in [-0.3, -0.25) is 9.78 Å². The zero-order valence-electron chi connectivity index (χ0n) is 11.9. The van der Waals surface area contributed by atoms with Crippen molar-refractivity contribution in [3.8, 4) is 0 Å². The SMILES string of the molecule is O=c1c2cnccc2ccn1CC/C=C/c1ccc(Br)cc1. The lowest BCUT2D eigenvalue weighted by atomic mass is 10.2. The third-order valence-electron chi connectivity index (χ3n) is 3.50. The van der Waals surface area contributed by atoms with Gasteiger partial charge in [0.25, 0.3) is 5.56 Å². The molecule has 0 amide bonds. The molecule has 0 bridgehead atoms. The zero-order chi connectivity index (χ0) is 15.4. The van der Waals surface area contributed by atoms with Crippen LogP contribution in [-0.4, -0.2) is 9.55 Å². The first-order valence-corrected chi connectivity index (χ1v) is 7.88. The minimum atomic E-state index is 0.0163. The van der Waals surface area contributed by atoms with Gasteiger partial charge in [-0.15, -0.1) is 0 Å². The van der Waals surface area contributed by atoms with Gasteiger partial charge in [0.2, 0.25) is 0 Å². The molecule has 0 spiro atoms. The molecule has 0 aliphatic carbocycles. The Balaban J connectivity index is 1.70. The predicted octanol–water partition coefficient (Wildman–Crippen LogP) is 4.26. The van der Waals surface area contributed by atoms with E-state index in [4.69, 9.17) is 0 Å². The number of nitrogens with zero attached hydrogens (tertiary/aromatic N) is 2. The van der Waals surface area contributed by atoms with Crippen molar-refractivity contribution in [1.82, 2.24) is 9.55 Å². The molecular formula is C18H15BrN2O. The fourth-order valence-corrected chi connectivity index (χ4v) is 2.57. The lowest BCUT2D eigenvalue weighted by molar-refractivity contribution is 0.688. The van der Waals surface area contributed by atoms with Gasteiger partial charge >= 0.3 is 0 Å². The van der Waals surface area contributed by atoms with Gasteiger partial charge in [-0.1, -0.05) is 40.2 Å². The molecule has 1 aromatic carbocycles. The molecule has 0 atom stereocenters. The molecule has 3 aromatic rings. The summed E-state index contributed by atoms with van der Waals surface area (Å²) < 4.78 is 2.80. The van der Waals surface area contributed by atoms with E-state index >= 15 is 0 Å². The molecule has 0 aliphatic rings. The number of halogens is 1. The van der Waals surface area contributed by atoms with Crippen molar-refractivity contribution < 1.29 is 0 Å². The third-order valence-corrected chi connectivity index (χ3v) is 4.03. The van der Waals surface area contributed by atoms with Crippen LogP contribution >= 0.6 is 15.9 Å². The van der Waals surface area contributed by atoms with E-state index in [0.717, 1.165) is 21.8 Å². The van der Waals surface area contributed by atoms with Gasteiger partial charge < -0.3 is 4.57 Å². The van der Waals surface area contributed by atoms with Crippen LogP contribution in [0.25, 0.3) is 16.8 Å². The van der Waals surface area contributed by atoms with E-state index in [2.05, 4.69) is 45.2 Å². The van der Waals surface area contributed by atoms with Crippen LogP contribution in [0.15, 0.2) is 70.3 Å². The summed E-state index contributed by atoms with van der Waals surface area (Å²) in [6, 6.07) is 11.9. The molecule has 2 aromatic heterocycles. The van der Waals surface area contributed by atoms with Crippen molar-refractivity contribution in [1.29, 1.82) is 0 Å². The standard InChI is InChI=1S/C18H15BrN2O/c19-16-6-4-14(5-7-16)3-1-2-11-21-12-9-15-8-10-20-13-17(15)18(21)22/h1,3-10,12-13H,2,11H2/b3-1+. The summed E-state index contributed by atoms with van der Waals surface area (Å²) >= 11 is 3.42. The van der Waals surface area contributed by atoms with Crippen molar-refractivity contribution in [2.45, 2.75) is 13.0 Å². The first-order chi connectivity index (χ1) is 10.7. The molecule has 0 radical (unpaired) electrons. The Hall–Kier alpha value is -2.20. The minimum absolute atomic E-state index is 0.0163. The van der Waals surface area contributed by atoms with Crippen LogP contribution in [0, 0.1) is 0 Å². The monoisotopic (exact) mass is 354 g/mol. The molecule has 110 valence electrons. The molecule has 4 heteroatoms. The fourth-order valence-electron chi connectivity index (χ4n) is 2.30. The topological polar surface area (TPSA) is 34.9 Å². The van der Waals surface area contributed by atoms with Crippen LogP contribution in [-0.2, 0) is 6.54 Å². The highest BCUT2D eigenvalue weighted by atomic mass is 79.9. The van der Waals surface area contributed by atoms with E-state index in [0.29, 0.717) is 11.9 Å². The molecule has 0 saturated heterocycles. The van der Waals surface area contributed by atoms with Gasteiger partial charge in [0, 0.05) is 29.6 Å². The largest absolute Gasteiger partial charge is 0.315 e. The van der Waals surface area contributed by atoms with Crippen LogP contribution < -0.4 is 5.56 Å². The quantitative estimate of drug-likeness (QED) is 0.701. The summed E-state index contributed by atoms with van der Waals surface area (Å²) in [5.41, 5.74) is 1.17. The van der Waals surface area contributed by atoms with Gasteiger partial charge in [0.15, 0.2) is 0 Å². The predicted molar refractivity (Wildman–Crippen MR) is 93.8 cm³/mol. The number of fused-ring (bicyclic) bond motifs is 1. The fraction of sp³-hybridized carbons (Fsp3) is 0.111. The van der Waals surface area contributed by atoms with Gasteiger partial charge in [0.05, 0.1) is 5.39 Å². The van der Waals surface area contributed by atoms with E-state index in [1.54, 1.807) is 17.0 Å². The number of hydrogen-bond donors (Lipinski definition) is 0. The smallest absolute Gasteiger partial charge is 0.259 e. The second kappa shape index (κ2) is 6.71. The van der Waals surface area contributed by atoms with E-state index in [-0.39, 0.29) is 5.56 Å². The lowest BCUT2D eigenvalue weighted by Crippen LogP contribution is -2.19. The highest BCUT2D eigenvalue weighted by Crippen LogP contribution is 2.12. The molecule has 0 saturated carbocycles. The highest BCUT2D eigenvalue weighted by Gasteiger charge is 2.01. The van der Waals surface area contributed by atoms with Crippen molar-refractivity contribution in [2.24, 2.45) is 0 Å². The van der Waals surface area contributed by atoms with E-state index in [9.17, 15) is 4.79 Å². The van der Waals surface area contributed by atoms with E-state index < -0.39 is 0 Å². The molecule has 2 heterocycles. The summed E-state index contributed by atoms with van der Waals surface area (Å²) in [4.78, 5) is 16.4. The normalized spacial score (nSPS) is 11.3. The Morgan fingerprint density at radius 2 is 1.95 bits per heavy atom. The number of pyridine rings is 2. The van der Waals surface area contributed by atoms with Crippen molar-refractivity contribution in [2.75, 3.05) is 0 Å². The highest BCUT2D eigenvalue weighted by molar-refractivity contribution is 9.10. The second-order valence-electron chi connectivity index (χ2n) is 5.02. The molecular weight excluding hydrogens is 340 g/mol.